The predicted octanol–water partition coefficient (Wildman–Crippen LogP) is 4.26. The lowest BCUT2D eigenvalue weighted by Gasteiger charge is -2.13. The quantitative estimate of drug-likeness (QED) is 0.569. The number of amides is 2. The predicted molar refractivity (Wildman–Crippen MR) is 129 cm³/mol. The van der Waals surface area contributed by atoms with E-state index >= 15 is 0 Å². The number of carbonyl (C=O) groups excluding carboxylic acids is 2. The molecule has 0 aliphatic carbocycles. The first-order chi connectivity index (χ1) is 14.7. The summed E-state index contributed by atoms with van der Waals surface area (Å²) < 4.78 is 5.72. The molecule has 2 N–H and O–H groups in total. The van der Waals surface area contributed by atoms with Gasteiger partial charge >= 0.3 is 0 Å². The van der Waals surface area contributed by atoms with Crippen molar-refractivity contribution in [1.29, 1.82) is 0 Å². The SMILES string of the molecule is CC(C)CCOc1cccc(C(=O)NC(=S)Nc2cccc(CCC(=O)N(C)C)c2)c1. The third-order valence-corrected chi connectivity index (χ3v) is 4.80. The van der Waals surface area contributed by atoms with Crippen molar-refractivity contribution in [2.45, 2.75) is 33.1 Å². The Morgan fingerprint density at radius 1 is 1.10 bits per heavy atom. The fourth-order valence-corrected chi connectivity index (χ4v) is 2.97. The summed E-state index contributed by atoms with van der Waals surface area (Å²) in [6.45, 7) is 4.89. The van der Waals surface area contributed by atoms with Crippen LogP contribution in [-0.4, -0.2) is 42.5 Å². The normalized spacial score (nSPS) is 10.5. The minimum atomic E-state index is -0.306. The summed E-state index contributed by atoms with van der Waals surface area (Å²) in [6, 6.07) is 14.7. The van der Waals surface area contributed by atoms with Crippen molar-refractivity contribution in [1.82, 2.24) is 10.2 Å². The minimum absolute atomic E-state index is 0.0802. The Balaban J connectivity index is 1.90. The highest BCUT2D eigenvalue weighted by Gasteiger charge is 2.10. The van der Waals surface area contributed by atoms with E-state index in [9.17, 15) is 9.59 Å². The van der Waals surface area contributed by atoms with Crippen molar-refractivity contribution >= 4 is 34.8 Å². The lowest BCUT2D eigenvalue weighted by atomic mass is 10.1. The van der Waals surface area contributed by atoms with Gasteiger partial charge in [-0.25, -0.2) is 0 Å². The van der Waals surface area contributed by atoms with Crippen molar-refractivity contribution in [3.05, 3.63) is 59.7 Å². The number of anilines is 1. The molecule has 7 heteroatoms. The van der Waals surface area contributed by atoms with Gasteiger partial charge in [0.05, 0.1) is 6.61 Å². The van der Waals surface area contributed by atoms with Gasteiger partial charge in [-0.15, -0.1) is 0 Å². The van der Waals surface area contributed by atoms with Gasteiger partial charge in [-0.05, 0) is 66.9 Å². The van der Waals surface area contributed by atoms with E-state index in [1.54, 1.807) is 37.2 Å². The molecule has 2 aromatic rings. The Bertz CT molecular complexity index is 912. The van der Waals surface area contributed by atoms with Gasteiger partial charge in [0.1, 0.15) is 5.75 Å². The Kier molecular flexibility index (Phi) is 9.46. The molecule has 6 nitrogen and oxygen atoms in total. The number of hydrogen-bond donors (Lipinski definition) is 2. The fourth-order valence-electron chi connectivity index (χ4n) is 2.76. The average molecular weight is 442 g/mol. The monoisotopic (exact) mass is 441 g/mol. The lowest BCUT2D eigenvalue weighted by Crippen LogP contribution is -2.34. The standard InChI is InChI=1S/C24H31N3O3S/c1-17(2)13-14-30-21-10-6-8-19(16-21)23(29)26-24(31)25-20-9-5-7-18(15-20)11-12-22(28)27(3)4/h5-10,15-17H,11-14H2,1-4H3,(H2,25,26,29,31). The molecule has 0 aliphatic heterocycles. The first-order valence-electron chi connectivity index (χ1n) is 10.4. The van der Waals surface area contributed by atoms with Crippen LogP contribution in [-0.2, 0) is 11.2 Å². The van der Waals surface area contributed by atoms with Gasteiger partial charge in [-0.2, -0.15) is 0 Å². The summed E-state index contributed by atoms with van der Waals surface area (Å²) in [5, 5.41) is 5.93. The zero-order valence-electron chi connectivity index (χ0n) is 18.6. The molecule has 0 saturated carbocycles. The van der Waals surface area contributed by atoms with Crippen LogP contribution in [0, 0.1) is 5.92 Å². The lowest BCUT2D eigenvalue weighted by molar-refractivity contribution is -0.128. The van der Waals surface area contributed by atoms with E-state index in [-0.39, 0.29) is 16.9 Å². The number of nitrogens with zero attached hydrogens (tertiary/aromatic N) is 1. The molecule has 31 heavy (non-hydrogen) atoms. The van der Waals surface area contributed by atoms with Crippen molar-refractivity contribution in [3.8, 4) is 5.75 Å². The summed E-state index contributed by atoms with van der Waals surface area (Å²) >= 11 is 5.29. The third kappa shape index (κ3) is 8.76. The van der Waals surface area contributed by atoms with Crippen LogP contribution in [0.4, 0.5) is 5.69 Å². The van der Waals surface area contributed by atoms with Gasteiger partial charge in [0, 0.05) is 31.8 Å². The highest BCUT2D eigenvalue weighted by molar-refractivity contribution is 7.80. The Labute approximate surface area is 190 Å². The van der Waals surface area contributed by atoms with E-state index in [1.165, 1.54) is 0 Å². The molecule has 2 rings (SSSR count). The summed E-state index contributed by atoms with van der Waals surface area (Å²) in [5.41, 5.74) is 2.24. The second-order valence-corrected chi connectivity index (χ2v) is 8.36. The second-order valence-electron chi connectivity index (χ2n) is 7.96. The first kappa shape index (κ1) is 24.3. The van der Waals surface area contributed by atoms with Crippen molar-refractivity contribution in [2.75, 3.05) is 26.0 Å². The molecular formula is C24H31N3O3S. The number of aryl methyl sites for hydroxylation is 1. The van der Waals surface area contributed by atoms with Gasteiger partial charge in [0.2, 0.25) is 5.91 Å². The van der Waals surface area contributed by atoms with Crippen molar-refractivity contribution in [3.63, 3.8) is 0 Å². The maximum Gasteiger partial charge on any atom is 0.257 e. The number of ether oxygens (including phenoxy) is 1. The molecule has 0 aliphatic rings. The van der Waals surface area contributed by atoms with E-state index in [2.05, 4.69) is 24.5 Å². The Hall–Kier alpha value is -2.93. The van der Waals surface area contributed by atoms with E-state index in [1.807, 2.05) is 30.3 Å². The minimum Gasteiger partial charge on any atom is -0.494 e. The summed E-state index contributed by atoms with van der Waals surface area (Å²) in [7, 11) is 3.49. The zero-order chi connectivity index (χ0) is 22.8. The van der Waals surface area contributed by atoms with Gasteiger partial charge in [0.15, 0.2) is 5.11 Å². The first-order valence-corrected chi connectivity index (χ1v) is 10.8. The molecule has 0 atom stereocenters. The Morgan fingerprint density at radius 2 is 1.84 bits per heavy atom. The zero-order valence-corrected chi connectivity index (χ0v) is 19.4. The third-order valence-electron chi connectivity index (χ3n) is 4.60. The summed E-state index contributed by atoms with van der Waals surface area (Å²) in [5.74, 6) is 0.991. The van der Waals surface area contributed by atoms with Gasteiger partial charge in [0.25, 0.3) is 5.91 Å². The highest BCUT2D eigenvalue weighted by Crippen LogP contribution is 2.15. The number of benzene rings is 2. The molecule has 0 unspecified atom stereocenters. The van der Waals surface area contributed by atoms with Crippen LogP contribution in [0.5, 0.6) is 5.75 Å². The van der Waals surface area contributed by atoms with Crippen LogP contribution < -0.4 is 15.4 Å². The summed E-state index contributed by atoms with van der Waals surface area (Å²) in [6.07, 6.45) is 2.02. The molecule has 0 saturated heterocycles. The van der Waals surface area contributed by atoms with Crippen LogP contribution >= 0.6 is 12.2 Å². The van der Waals surface area contributed by atoms with Crippen LogP contribution in [0.2, 0.25) is 0 Å². The number of carbonyl (C=O) groups is 2. The molecule has 0 radical (unpaired) electrons. The van der Waals surface area contributed by atoms with Crippen LogP contribution in [0.25, 0.3) is 0 Å². The van der Waals surface area contributed by atoms with Gasteiger partial charge in [-0.1, -0.05) is 32.0 Å². The number of rotatable bonds is 9. The van der Waals surface area contributed by atoms with Gasteiger partial charge in [-0.3, -0.25) is 14.9 Å². The van der Waals surface area contributed by atoms with Crippen molar-refractivity contribution < 1.29 is 14.3 Å². The molecule has 166 valence electrons. The smallest absolute Gasteiger partial charge is 0.257 e. The molecule has 0 fully saturated rings. The van der Waals surface area contributed by atoms with Crippen LogP contribution in [0.15, 0.2) is 48.5 Å². The molecule has 0 heterocycles. The highest BCUT2D eigenvalue weighted by atomic mass is 32.1. The molecule has 2 aromatic carbocycles. The van der Waals surface area contributed by atoms with E-state index in [0.717, 1.165) is 17.7 Å². The van der Waals surface area contributed by atoms with E-state index < -0.39 is 0 Å². The molecule has 0 aromatic heterocycles. The number of nitrogens with one attached hydrogen (secondary N) is 2. The van der Waals surface area contributed by atoms with Gasteiger partial charge < -0.3 is 15.0 Å². The van der Waals surface area contributed by atoms with E-state index in [0.29, 0.717) is 36.7 Å². The number of thiocarbonyl (C=S) groups is 1. The largest absolute Gasteiger partial charge is 0.494 e. The molecule has 0 bridgehead atoms. The topological polar surface area (TPSA) is 70.7 Å². The summed E-state index contributed by atoms with van der Waals surface area (Å²) in [4.78, 5) is 25.9. The van der Waals surface area contributed by atoms with Crippen LogP contribution in [0.1, 0.15) is 42.6 Å². The molecular weight excluding hydrogens is 410 g/mol. The number of hydrogen-bond acceptors (Lipinski definition) is 4. The van der Waals surface area contributed by atoms with Crippen molar-refractivity contribution in [2.24, 2.45) is 5.92 Å². The molecule has 2 amide bonds. The second kappa shape index (κ2) is 12.1. The van der Waals surface area contributed by atoms with E-state index in [4.69, 9.17) is 17.0 Å². The van der Waals surface area contributed by atoms with Crippen LogP contribution in [0.3, 0.4) is 0 Å². The maximum atomic E-state index is 12.6. The average Bonchev–Trinajstić information content (AvgIpc) is 2.72. The molecule has 0 spiro atoms. The maximum absolute atomic E-state index is 12.6. The fraction of sp³-hybridized carbons (Fsp3) is 0.375. The Morgan fingerprint density at radius 3 is 2.55 bits per heavy atom.